The van der Waals surface area contributed by atoms with E-state index in [4.69, 9.17) is 5.73 Å². The van der Waals surface area contributed by atoms with E-state index in [2.05, 4.69) is 16.5 Å². The minimum atomic E-state index is 0.0834. The van der Waals surface area contributed by atoms with Crippen LogP contribution in [0.4, 0.5) is 0 Å². The van der Waals surface area contributed by atoms with Crippen molar-refractivity contribution in [3.8, 4) is 0 Å². The number of hydrogen-bond acceptors (Lipinski definition) is 2. The van der Waals surface area contributed by atoms with Crippen molar-refractivity contribution in [2.45, 2.75) is 45.2 Å². The first-order valence-corrected chi connectivity index (χ1v) is 5.47. The van der Waals surface area contributed by atoms with Crippen LogP contribution in [-0.4, -0.2) is 9.55 Å². The fourth-order valence-electron chi connectivity index (χ4n) is 2.16. The minimum Gasteiger partial charge on any atom is -0.330 e. The Labute approximate surface area is 85.3 Å². The molecule has 2 unspecified atom stereocenters. The minimum absolute atomic E-state index is 0.0834. The van der Waals surface area contributed by atoms with Crippen molar-refractivity contribution in [2.75, 3.05) is 0 Å². The number of nitrogens with two attached hydrogens (primary N) is 1. The second kappa shape index (κ2) is 3.73. The van der Waals surface area contributed by atoms with Crippen molar-refractivity contribution >= 4 is 0 Å². The third-order valence-corrected chi connectivity index (χ3v) is 3.43. The summed E-state index contributed by atoms with van der Waals surface area (Å²) in [5, 5.41) is 0. The van der Waals surface area contributed by atoms with Crippen molar-refractivity contribution < 1.29 is 0 Å². The maximum atomic E-state index is 5.90. The van der Waals surface area contributed by atoms with Crippen LogP contribution >= 0.6 is 0 Å². The van der Waals surface area contributed by atoms with Crippen molar-refractivity contribution in [3.05, 3.63) is 18.2 Å². The van der Waals surface area contributed by atoms with Gasteiger partial charge in [0.2, 0.25) is 0 Å². The summed E-state index contributed by atoms with van der Waals surface area (Å²) in [5.74, 6) is 0.835. The van der Waals surface area contributed by atoms with Crippen LogP contribution in [0.2, 0.25) is 0 Å². The van der Waals surface area contributed by atoms with Crippen LogP contribution in [0, 0.1) is 5.92 Å². The van der Waals surface area contributed by atoms with E-state index in [0.717, 1.165) is 11.6 Å². The predicted molar refractivity (Wildman–Crippen MR) is 56.9 cm³/mol. The van der Waals surface area contributed by atoms with Gasteiger partial charge in [-0.1, -0.05) is 6.42 Å². The van der Waals surface area contributed by atoms with Crippen LogP contribution in [-0.2, 0) is 0 Å². The Hall–Kier alpha value is -0.830. The Balaban J connectivity index is 2.17. The highest BCUT2D eigenvalue weighted by Crippen LogP contribution is 2.36. The summed E-state index contributed by atoms with van der Waals surface area (Å²) in [4.78, 5) is 4.19. The zero-order valence-electron chi connectivity index (χ0n) is 8.98. The summed E-state index contributed by atoms with van der Waals surface area (Å²) in [6, 6.07) is 0.646. The van der Waals surface area contributed by atoms with Crippen LogP contribution in [0.5, 0.6) is 0 Å². The summed E-state index contributed by atoms with van der Waals surface area (Å²) in [5.41, 5.74) is 7.05. The maximum absolute atomic E-state index is 5.90. The fraction of sp³-hybridized carbons (Fsp3) is 0.727. The van der Waals surface area contributed by atoms with Gasteiger partial charge in [-0.25, -0.2) is 4.98 Å². The van der Waals surface area contributed by atoms with E-state index in [0.29, 0.717) is 6.04 Å². The zero-order chi connectivity index (χ0) is 10.1. The molecule has 0 radical (unpaired) electrons. The molecule has 14 heavy (non-hydrogen) atoms. The van der Waals surface area contributed by atoms with Gasteiger partial charge in [0.15, 0.2) is 0 Å². The van der Waals surface area contributed by atoms with E-state index in [-0.39, 0.29) is 6.04 Å². The molecule has 1 aromatic heterocycles. The molecule has 2 atom stereocenters. The lowest BCUT2D eigenvalue weighted by Gasteiger charge is -2.33. The lowest BCUT2D eigenvalue weighted by atomic mass is 9.80. The van der Waals surface area contributed by atoms with Crippen LogP contribution in [0.1, 0.15) is 50.9 Å². The van der Waals surface area contributed by atoms with Gasteiger partial charge in [-0.05, 0) is 32.6 Å². The monoisotopic (exact) mass is 193 g/mol. The quantitative estimate of drug-likeness (QED) is 0.800. The Bertz CT molecular complexity index is 299. The second-order valence-electron chi connectivity index (χ2n) is 4.45. The largest absolute Gasteiger partial charge is 0.330 e. The summed E-state index contributed by atoms with van der Waals surface area (Å²) < 4.78 is 2.24. The van der Waals surface area contributed by atoms with Gasteiger partial charge in [0.05, 0.1) is 12.0 Å². The third-order valence-electron chi connectivity index (χ3n) is 3.43. The van der Waals surface area contributed by atoms with Crippen LogP contribution in [0.25, 0.3) is 0 Å². The highest BCUT2D eigenvalue weighted by atomic mass is 15.1. The van der Waals surface area contributed by atoms with Crippen LogP contribution in [0.15, 0.2) is 12.5 Å². The molecule has 1 saturated carbocycles. The van der Waals surface area contributed by atoms with E-state index in [1.165, 1.54) is 19.3 Å². The molecule has 1 aromatic rings. The molecule has 1 aliphatic rings. The molecule has 3 nitrogen and oxygen atoms in total. The molecule has 3 heteroatoms. The molecule has 78 valence electrons. The average Bonchev–Trinajstić information content (AvgIpc) is 2.47. The second-order valence-corrected chi connectivity index (χ2v) is 4.45. The molecule has 1 aliphatic carbocycles. The number of hydrogen-bond donors (Lipinski definition) is 1. The summed E-state index contributed by atoms with van der Waals surface area (Å²) in [7, 11) is 0. The van der Waals surface area contributed by atoms with Crippen molar-refractivity contribution in [1.29, 1.82) is 0 Å². The molecule has 2 rings (SSSR count). The van der Waals surface area contributed by atoms with E-state index >= 15 is 0 Å². The topological polar surface area (TPSA) is 43.8 Å². The van der Waals surface area contributed by atoms with E-state index in [1.54, 1.807) is 0 Å². The molecule has 0 spiro atoms. The molecule has 0 amide bonds. The Morgan fingerprint density at radius 3 is 2.71 bits per heavy atom. The summed E-state index contributed by atoms with van der Waals surface area (Å²) >= 11 is 0. The van der Waals surface area contributed by atoms with Crippen molar-refractivity contribution in [1.82, 2.24) is 9.55 Å². The van der Waals surface area contributed by atoms with Gasteiger partial charge in [0, 0.05) is 18.3 Å². The van der Waals surface area contributed by atoms with Gasteiger partial charge in [-0.2, -0.15) is 0 Å². The fourth-order valence-corrected chi connectivity index (χ4v) is 2.16. The molecule has 2 N–H and O–H groups in total. The lowest BCUT2D eigenvalue weighted by Crippen LogP contribution is -2.25. The van der Waals surface area contributed by atoms with Gasteiger partial charge >= 0.3 is 0 Å². The smallest absolute Gasteiger partial charge is 0.0951 e. The summed E-state index contributed by atoms with van der Waals surface area (Å²) in [6.45, 7) is 4.29. The number of nitrogens with zero attached hydrogens (tertiary/aromatic N) is 2. The van der Waals surface area contributed by atoms with Gasteiger partial charge < -0.3 is 10.3 Å². The number of aromatic nitrogens is 2. The Morgan fingerprint density at radius 1 is 1.50 bits per heavy atom. The average molecular weight is 193 g/mol. The van der Waals surface area contributed by atoms with Gasteiger partial charge in [-0.15, -0.1) is 0 Å². The van der Waals surface area contributed by atoms with Gasteiger partial charge in [-0.3, -0.25) is 0 Å². The van der Waals surface area contributed by atoms with E-state index in [1.807, 2.05) is 19.4 Å². The normalized spacial score (nSPS) is 21.6. The standard InChI is InChI=1S/C11H19N3/c1-8(12)11-6-13-7-14(11)9(2)10-4-3-5-10/h6-10H,3-5,12H2,1-2H3. The molecule has 0 bridgehead atoms. The number of imidazole rings is 1. The molecule has 1 heterocycles. The zero-order valence-corrected chi connectivity index (χ0v) is 8.98. The molecule has 1 fully saturated rings. The molecular weight excluding hydrogens is 174 g/mol. The van der Waals surface area contributed by atoms with Crippen molar-refractivity contribution in [3.63, 3.8) is 0 Å². The molecule has 0 aromatic carbocycles. The van der Waals surface area contributed by atoms with Crippen molar-refractivity contribution in [2.24, 2.45) is 11.7 Å². The molecule has 0 aliphatic heterocycles. The van der Waals surface area contributed by atoms with Gasteiger partial charge in [0.25, 0.3) is 0 Å². The lowest BCUT2D eigenvalue weighted by molar-refractivity contribution is 0.218. The highest BCUT2D eigenvalue weighted by Gasteiger charge is 2.26. The Kier molecular flexibility index (Phi) is 2.59. The first-order chi connectivity index (χ1) is 6.70. The maximum Gasteiger partial charge on any atom is 0.0951 e. The van der Waals surface area contributed by atoms with Crippen LogP contribution in [0.3, 0.4) is 0 Å². The molecule has 0 saturated heterocycles. The SMILES string of the molecule is CC(N)c1cncn1C(C)C1CCC1. The van der Waals surface area contributed by atoms with E-state index < -0.39 is 0 Å². The van der Waals surface area contributed by atoms with Gasteiger partial charge in [0.1, 0.15) is 0 Å². The van der Waals surface area contributed by atoms with Crippen LogP contribution < -0.4 is 5.73 Å². The highest BCUT2D eigenvalue weighted by molar-refractivity contribution is 5.05. The van der Waals surface area contributed by atoms with E-state index in [9.17, 15) is 0 Å². The predicted octanol–water partition coefficient (Wildman–Crippen LogP) is 2.26. The summed E-state index contributed by atoms with van der Waals surface area (Å²) in [6.07, 6.45) is 7.91. The first kappa shape index (κ1) is 9.71. The first-order valence-electron chi connectivity index (χ1n) is 5.47. The third kappa shape index (κ3) is 1.57. The Morgan fingerprint density at radius 2 is 2.21 bits per heavy atom. The number of rotatable bonds is 3. The molecular formula is C11H19N3.